The molecule has 1 aromatic carbocycles. The average Bonchev–Trinajstić information content (AvgIpc) is 2.19. The summed E-state index contributed by atoms with van der Waals surface area (Å²) >= 11 is 1.92. The number of hydrogen-bond acceptors (Lipinski definition) is 2. The van der Waals surface area contributed by atoms with E-state index in [1.165, 1.54) is 23.4 Å². The minimum atomic E-state index is 0.707. The van der Waals surface area contributed by atoms with Gasteiger partial charge >= 0.3 is 0 Å². The largest absolute Gasteiger partial charge is 0.381 e. The molecule has 0 amide bonds. The van der Waals surface area contributed by atoms with Gasteiger partial charge in [-0.25, -0.2) is 0 Å². The lowest BCUT2D eigenvalue weighted by Gasteiger charge is -2.34. The van der Waals surface area contributed by atoms with E-state index in [1.54, 1.807) is 0 Å². The number of nitrogens with one attached hydrogen (secondary N) is 1. The molecule has 1 aliphatic carbocycles. The molecule has 2 rings (SSSR count). The van der Waals surface area contributed by atoms with Crippen LogP contribution in [0.4, 0.5) is 5.69 Å². The maximum Gasteiger partial charge on any atom is 0.0480 e. The fourth-order valence-electron chi connectivity index (χ4n) is 2.11. The van der Waals surface area contributed by atoms with Gasteiger partial charge in [0.2, 0.25) is 0 Å². The van der Waals surface area contributed by atoms with Crippen molar-refractivity contribution in [2.75, 3.05) is 11.1 Å². The van der Waals surface area contributed by atoms with E-state index in [1.807, 2.05) is 11.8 Å². The molecule has 15 heavy (non-hydrogen) atoms. The molecule has 0 heterocycles. The molecule has 1 nitrogen and oxygen atoms in total. The molecule has 1 saturated carbocycles. The van der Waals surface area contributed by atoms with Crippen LogP contribution in [-0.4, -0.2) is 11.8 Å². The predicted molar refractivity (Wildman–Crippen MR) is 68.6 cm³/mol. The quantitative estimate of drug-likeness (QED) is 0.771. The Morgan fingerprint density at radius 1 is 1.33 bits per heavy atom. The lowest BCUT2D eigenvalue weighted by molar-refractivity contribution is 0.309. The summed E-state index contributed by atoms with van der Waals surface area (Å²) in [6.45, 7) is 4.53. The van der Waals surface area contributed by atoms with Gasteiger partial charge in [-0.05, 0) is 36.6 Å². The van der Waals surface area contributed by atoms with Crippen molar-refractivity contribution in [1.82, 2.24) is 0 Å². The smallest absolute Gasteiger partial charge is 0.0480 e. The van der Waals surface area contributed by atoms with Gasteiger partial charge in [0.15, 0.2) is 0 Å². The highest BCUT2D eigenvalue weighted by Crippen LogP contribution is 2.33. The van der Waals surface area contributed by atoms with E-state index in [0.29, 0.717) is 6.04 Å². The second-order valence-electron chi connectivity index (χ2n) is 4.35. The van der Waals surface area contributed by atoms with Gasteiger partial charge in [0, 0.05) is 16.6 Å². The van der Waals surface area contributed by atoms with Crippen LogP contribution < -0.4 is 5.32 Å². The monoisotopic (exact) mass is 221 g/mol. The van der Waals surface area contributed by atoms with Crippen molar-refractivity contribution in [3.8, 4) is 0 Å². The van der Waals surface area contributed by atoms with E-state index in [0.717, 1.165) is 11.7 Å². The summed E-state index contributed by atoms with van der Waals surface area (Å²) in [5, 5.41) is 3.64. The molecule has 0 aromatic heterocycles. The van der Waals surface area contributed by atoms with Crippen LogP contribution >= 0.6 is 11.8 Å². The molecule has 1 aliphatic rings. The van der Waals surface area contributed by atoms with Gasteiger partial charge in [0.1, 0.15) is 0 Å². The van der Waals surface area contributed by atoms with E-state index in [4.69, 9.17) is 0 Å². The van der Waals surface area contributed by atoms with Crippen molar-refractivity contribution in [3.63, 3.8) is 0 Å². The van der Waals surface area contributed by atoms with E-state index < -0.39 is 0 Å². The molecule has 82 valence electrons. The second kappa shape index (κ2) is 4.93. The van der Waals surface area contributed by atoms with Crippen molar-refractivity contribution in [1.29, 1.82) is 0 Å². The number of hydrogen-bond donors (Lipinski definition) is 1. The summed E-state index contributed by atoms with van der Waals surface area (Å²) in [5.74, 6) is 2.05. The zero-order valence-electron chi connectivity index (χ0n) is 9.49. The fourth-order valence-corrected chi connectivity index (χ4v) is 2.88. The Bertz CT molecular complexity index is 318. The SMILES string of the molecule is CCSc1ccccc1NC1CC(C)C1. The van der Waals surface area contributed by atoms with Gasteiger partial charge in [-0.3, -0.25) is 0 Å². The zero-order chi connectivity index (χ0) is 10.7. The molecule has 0 bridgehead atoms. The summed E-state index contributed by atoms with van der Waals surface area (Å²) in [6, 6.07) is 9.34. The maximum atomic E-state index is 3.64. The summed E-state index contributed by atoms with van der Waals surface area (Å²) < 4.78 is 0. The molecule has 0 saturated heterocycles. The van der Waals surface area contributed by atoms with Crippen LogP contribution in [0.5, 0.6) is 0 Å². The predicted octanol–water partition coefficient (Wildman–Crippen LogP) is 4.01. The van der Waals surface area contributed by atoms with E-state index >= 15 is 0 Å². The third kappa shape index (κ3) is 2.69. The van der Waals surface area contributed by atoms with Crippen molar-refractivity contribution >= 4 is 17.4 Å². The Morgan fingerprint density at radius 2 is 2.07 bits per heavy atom. The van der Waals surface area contributed by atoms with E-state index in [2.05, 4.69) is 43.4 Å². The zero-order valence-corrected chi connectivity index (χ0v) is 10.3. The normalized spacial score (nSPS) is 24.7. The summed E-state index contributed by atoms with van der Waals surface area (Å²) in [5.41, 5.74) is 1.32. The maximum absolute atomic E-state index is 3.64. The number of benzene rings is 1. The van der Waals surface area contributed by atoms with Crippen LogP contribution in [0.3, 0.4) is 0 Å². The van der Waals surface area contributed by atoms with E-state index in [9.17, 15) is 0 Å². The summed E-state index contributed by atoms with van der Waals surface area (Å²) in [6.07, 6.45) is 2.65. The van der Waals surface area contributed by atoms with Gasteiger partial charge in [0.05, 0.1) is 0 Å². The molecule has 0 radical (unpaired) electrons. The number of rotatable bonds is 4. The topological polar surface area (TPSA) is 12.0 Å². The Kier molecular flexibility index (Phi) is 3.57. The van der Waals surface area contributed by atoms with Crippen LogP contribution in [-0.2, 0) is 0 Å². The minimum Gasteiger partial charge on any atom is -0.381 e. The summed E-state index contributed by atoms with van der Waals surface area (Å²) in [4.78, 5) is 1.39. The molecule has 0 atom stereocenters. The Labute approximate surface area is 96.7 Å². The number of thioether (sulfide) groups is 1. The van der Waals surface area contributed by atoms with Gasteiger partial charge in [-0.15, -0.1) is 11.8 Å². The van der Waals surface area contributed by atoms with Crippen LogP contribution in [0.1, 0.15) is 26.7 Å². The fraction of sp³-hybridized carbons (Fsp3) is 0.538. The number of anilines is 1. The first-order chi connectivity index (χ1) is 7.29. The van der Waals surface area contributed by atoms with E-state index in [-0.39, 0.29) is 0 Å². The standard InChI is InChI=1S/C13H19NS/c1-3-15-13-7-5-4-6-12(13)14-11-8-10(2)9-11/h4-7,10-11,14H,3,8-9H2,1-2H3. The number of para-hydroxylation sites is 1. The molecule has 0 unspecified atom stereocenters. The Hall–Kier alpha value is -0.630. The van der Waals surface area contributed by atoms with Gasteiger partial charge in [-0.2, -0.15) is 0 Å². The first-order valence-electron chi connectivity index (χ1n) is 5.78. The molecule has 0 spiro atoms. The van der Waals surface area contributed by atoms with Gasteiger partial charge in [-0.1, -0.05) is 26.0 Å². The molecule has 1 fully saturated rings. The molecule has 1 N–H and O–H groups in total. The Morgan fingerprint density at radius 3 is 2.73 bits per heavy atom. The van der Waals surface area contributed by atoms with Crippen LogP contribution in [0, 0.1) is 5.92 Å². The molecular weight excluding hydrogens is 202 g/mol. The van der Waals surface area contributed by atoms with Crippen LogP contribution in [0.25, 0.3) is 0 Å². The third-order valence-electron chi connectivity index (χ3n) is 2.92. The molecule has 2 heteroatoms. The molecular formula is C13H19NS. The summed E-state index contributed by atoms with van der Waals surface area (Å²) in [7, 11) is 0. The van der Waals surface area contributed by atoms with Gasteiger partial charge in [0.25, 0.3) is 0 Å². The molecule has 0 aliphatic heterocycles. The van der Waals surface area contributed by atoms with Crippen molar-refractivity contribution in [3.05, 3.63) is 24.3 Å². The van der Waals surface area contributed by atoms with Crippen LogP contribution in [0.15, 0.2) is 29.2 Å². The van der Waals surface area contributed by atoms with Gasteiger partial charge < -0.3 is 5.32 Å². The first-order valence-corrected chi connectivity index (χ1v) is 6.76. The van der Waals surface area contributed by atoms with Crippen LogP contribution in [0.2, 0.25) is 0 Å². The third-order valence-corrected chi connectivity index (χ3v) is 3.88. The highest BCUT2D eigenvalue weighted by Gasteiger charge is 2.25. The second-order valence-corrected chi connectivity index (χ2v) is 5.65. The lowest BCUT2D eigenvalue weighted by Crippen LogP contribution is -2.33. The Balaban J connectivity index is 2.00. The highest BCUT2D eigenvalue weighted by atomic mass is 32.2. The van der Waals surface area contributed by atoms with Crippen molar-refractivity contribution in [2.24, 2.45) is 5.92 Å². The molecule has 1 aromatic rings. The van der Waals surface area contributed by atoms with Crippen molar-refractivity contribution < 1.29 is 0 Å². The minimum absolute atomic E-state index is 0.707. The highest BCUT2D eigenvalue weighted by molar-refractivity contribution is 7.99. The average molecular weight is 221 g/mol. The van der Waals surface area contributed by atoms with Crippen molar-refractivity contribution in [2.45, 2.75) is 37.6 Å². The first kappa shape index (κ1) is 10.9. The lowest BCUT2D eigenvalue weighted by atomic mass is 9.82.